The van der Waals surface area contributed by atoms with E-state index in [4.69, 9.17) is 4.52 Å². The smallest absolute Gasteiger partial charge is 0.264 e. The van der Waals surface area contributed by atoms with E-state index in [9.17, 15) is 4.79 Å². The summed E-state index contributed by atoms with van der Waals surface area (Å²) in [4.78, 5) is 20.4. The van der Waals surface area contributed by atoms with Crippen molar-refractivity contribution in [2.75, 3.05) is 13.1 Å². The summed E-state index contributed by atoms with van der Waals surface area (Å²) in [7, 11) is 0. The molecule has 4 rings (SSSR count). The molecule has 0 N–H and O–H groups in total. The van der Waals surface area contributed by atoms with Gasteiger partial charge in [-0.15, -0.1) is 11.3 Å². The Bertz CT molecular complexity index is 732. The van der Waals surface area contributed by atoms with Gasteiger partial charge in [-0.05, 0) is 48.6 Å². The number of hydrogen-bond donors (Lipinski definition) is 0. The minimum atomic E-state index is 0.184. The van der Waals surface area contributed by atoms with Gasteiger partial charge >= 0.3 is 0 Å². The molecule has 24 heavy (non-hydrogen) atoms. The van der Waals surface area contributed by atoms with Gasteiger partial charge in [0.05, 0.1) is 4.88 Å². The van der Waals surface area contributed by atoms with Gasteiger partial charge in [-0.3, -0.25) is 4.79 Å². The molecule has 1 atom stereocenters. The van der Waals surface area contributed by atoms with E-state index in [1.165, 1.54) is 18.4 Å². The van der Waals surface area contributed by atoms with Gasteiger partial charge in [0.1, 0.15) is 0 Å². The molecule has 6 heteroatoms. The highest BCUT2D eigenvalue weighted by atomic mass is 32.1. The molecule has 1 aliphatic carbocycles. The fourth-order valence-corrected chi connectivity index (χ4v) is 4.32. The zero-order valence-corrected chi connectivity index (χ0v) is 15.0. The van der Waals surface area contributed by atoms with Crippen molar-refractivity contribution in [3.05, 3.63) is 33.6 Å². The van der Waals surface area contributed by atoms with Gasteiger partial charge in [0, 0.05) is 24.9 Å². The lowest BCUT2D eigenvalue weighted by Gasteiger charge is -2.31. The maximum absolute atomic E-state index is 13.0. The molecule has 2 aliphatic rings. The summed E-state index contributed by atoms with van der Waals surface area (Å²) in [6, 6.07) is 2.13. The molecule has 1 amide bonds. The third-order valence-corrected chi connectivity index (χ3v) is 5.85. The molecule has 0 unspecified atom stereocenters. The lowest BCUT2D eigenvalue weighted by Crippen LogP contribution is -2.39. The molecule has 128 valence electrons. The Kier molecular flexibility index (Phi) is 4.16. The minimum Gasteiger partial charge on any atom is -0.339 e. The van der Waals surface area contributed by atoms with E-state index in [0.717, 1.165) is 30.1 Å². The quantitative estimate of drug-likeness (QED) is 0.835. The number of nitrogens with zero attached hydrogens (tertiary/aromatic N) is 3. The van der Waals surface area contributed by atoms with Crippen LogP contribution in [0.3, 0.4) is 0 Å². The van der Waals surface area contributed by atoms with Crippen LogP contribution < -0.4 is 0 Å². The Morgan fingerprint density at radius 2 is 2.17 bits per heavy atom. The summed E-state index contributed by atoms with van der Waals surface area (Å²) >= 11 is 1.58. The van der Waals surface area contributed by atoms with Crippen LogP contribution in [0.25, 0.3) is 0 Å². The van der Waals surface area contributed by atoms with Crippen molar-refractivity contribution in [3.8, 4) is 0 Å². The standard InChI is InChI=1S/C18H23N3O2S/c1-11(2)17-19-16(20-23-17)13-4-3-8-21(10-13)18(22)15-14(7-9-24-15)12-5-6-12/h7,9,11-13H,3-6,8,10H2,1-2H3/t13-/m1/s1. The first kappa shape index (κ1) is 15.8. The summed E-state index contributed by atoms with van der Waals surface area (Å²) in [5, 5.41) is 6.20. The van der Waals surface area contributed by atoms with E-state index in [1.54, 1.807) is 11.3 Å². The average molecular weight is 345 g/mol. The topological polar surface area (TPSA) is 59.2 Å². The van der Waals surface area contributed by atoms with Crippen LogP contribution in [0.2, 0.25) is 0 Å². The van der Waals surface area contributed by atoms with Crippen LogP contribution in [0.1, 0.15) is 84.2 Å². The number of hydrogen-bond acceptors (Lipinski definition) is 5. The van der Waals surface area contributed by atoms with Gasteiger partial charge in [0.25, 0.3) is 5.91 Å². The Balaban J connectivity index is 1.49. The number of carbonyl (C=O) groups is 1. The molecule has 0 radical (unpaired) electrons. The fourth-order valence-electron chi connectivity index (χ4n) is 3.37. The van der Waals surface area contributed by atoms with E-state index in [1.807, 2.05) is 18.7 Å². The first-order valence-electron chi connectivity index (χ1n) is 8.83. The van der Waals surface area contributed by atoms with E-state index in [0.29, 0.717) is 18.4 Å². The molecule has 2 aromatic rings. The SMILES string of the molecule is CC(C)c1nc([C@@H]2CCCN(C(=O)c3sccc3C3CC3)C2)no1. The van der Waals surface area contributed by atoms with Crippen molar-refractivity contribution >= 4 is 17.2 Å². The number of likely N-dealkylation sites (tertiary alicyclic amines) is 1. The van der Waals surface area contributed by atoms with Crippen LogP contribution in [0.4, 0.5) is 0 Å². The molecule has 1 saturated heterocycles. The third kappa shape index (κ3) is 2.99. The van der Waals surface area contributed by atoms with Crippen molar-refractivity contribution in [1.82, 2.24) is 15.0 Å². The molecule has 1 saturated carbocycles. The summed E-state index contributed by atoms with van der Waals surface area (Å²) in [6.45, 7) is 5.61. The number of aromatic nitrogens is 2. The van der Waals surface area contributed by atoms with Crippen LogP contribution in [0.5, 0.6) is 0 Å². The van der Waals surface area contributed by atoms with Crippen molar-refractivity contribution in [3.63, 3.8) is 0 Å². The van der Waals surface area contributed by atoms with Gasteiger partial charge in [-0.1, -0.05) is 19.0 Å². The van der Waals surface area contributed by atoms with Crippen molar-refractivity contribution in [2.24, 2.45) is 0 Å². The predicted octanol–water partition coefficient (Wildman–Crippen LogP) is 4.15. The maximum atomic E-state index is 13.0. The van der Waals surface area contributed by atoms with E-state index in [-0.39, 0.29) is 17.7 Å². The van der Waals surface area contributed by atoms with Crippen LogP contribution in [0.15, 0.2) is 16.0 Å². The molecule has 2 fully saturated rings. The van der Waals surface area contributed by atoms with E-state index in [2.05, 4.69) is 21.6 Å². The van der Waals surface area contributed by atoms with Gasteiger partial charge in [0.15, 0.2) is 5.82 Å². The molecule has 0 bridgehead atoms. The lowest BCUT2D eigenvalue weighted by atomic mass is 9.97. The summed E-state index contributed by atoms with van der Waals surface area (Å²) in [5.41, 5.74) is 1.26. The number of piperidine rings is 1. The molecule has 0 aromatic carbocycles. The highest BCUT2D eigenvalue weighted by Crippen LogP contribution is 2.43. The largest absolute Gasteiger partial charge is 0.339 e. The second-order valence-corrected chi connectivity index (χ2v) is 8.13. The fraction of sp³-hybridized carbons (Fsp3) is 0.611. The number of amides is 1. The highest BCUT2D eigenvalue weighted by molar-refractivity contribution is 7.12. The first-order chi connectivity index (χ1) is 11.6. The van der Waals surface area contributed by atoms with Crippen molar-refractivity contribution < 1.29 is 9.32 Å². The Hall–Kier alpha value is -1.69. The lowest BCUT2D eigenvalue weighted by molar-refractivity contribution is 0.0707. The second-order valence-electron chi connectivity index (χ2n) is 7.22. The average Bonchev–Trinajstić information content (AvgIpc) is 3.13. The molecule has 2 aromatic heterocycles. The Labute approximate surface area is 146 Å². The van der Waals surface area contributed by atoms with Crippen molar-refractivity contribution in [2.45, 2.75) is 57.3 Å². The highest BCUT2D eigenvalue weighted by Gasteiger charge is 2.33. The number of rotatable bonds is 4. The van der Waals surface area contributed by atoms with E-state index >= 15 is 0 Å². The van der Waals surface area contributed by atoms with Crippen LogP contribution in [0, 0.1) is 0 Å². The molecular formula is C18H23N3O2S. The zero-order valence-electron chi connectivity index (χ0n) is 14.2. The first-order valence-corrected chi connectivity index (χ1v) is 9.71. The monoisotopic (exact) mass is 345 g/mol. The molecule has 3 heterocycles. The van der Waals surface area contributed by atoms with Crippen molar-refractivity contribution in [1.29, 1.82) is 0 Å². The Morgan fingerprint density at radius 3 is 2.88 bits per heavy atom. The van der Waals surface area contributed by atoms with Gasteiger partial charge < -0.3 is 9.42 Å². The number of carbonyl (C=O) groups excluding carboxylic acids is 1. The summed E-state index contributed by atoms with van der Waals surface area (Å²) < 4.78 is 5.34. The molecular weight excluding hydrogens is 322 g/mol. The zero-order chi connectivity index (χ0) is 16.7. The van der Waals surface area contributed by atoms with Crippen LogP contribution >= 0.6 is 11.3 Å². The van der Waals surface area contributed by atoms with Gasteiger partial charge in [0.2, 0.25) is 5.89 Å². The molecule has 1 aliphatic heterocycles. The van der Waals surface area contributed by atoms with Crippen LogP contribution in [-0.2, 0) is 0 Å². The predicted molar refractivity (Wildman–Crippen MR) is 92.6 cm³/mol. The third-order valence-electron chi connectivity index (χ3n) is 4.93. The van der Waals surface area contributed by atoms with Gasteiger partial charge in [-0.25, -0.2) is 0 Å². The Morgan fingerprint density at radius 1 is 1.33 bits per heavy atom. The normalized spacial score (nSPS) is 21.5. The van der Waals surface area contributed by atoms with Gasteiger partial charge in [-0.2, -0.15) is 4.98 Å². The van der Waals surface area contributed by atoms with Crippen LogP contribution in [-0.4, -0.2) is 34.0 Å². The maximum Gasteiger partial charge on any atom is 0.264 e. The molecule has 0 spiro atoms. The summed E-state index contributed by atoms with van der Waals surface area (Å²) in [5.74, 6) is 2.65. The second kappa shape index (κ2) is 6.31. The van der Waals surface area contributed by atoms with E-state index < -0.39 is 0 Å². The minimum absolute atomic E-state index is 0.184. The summed E-state index contributed by atoms with van der Waals surface area (Å²) in [6.07, 6.45) is 4.45. The molecule has 5 nitrogen and oxygen atoms in total. The number of thiophene rings is 1.